The molecule has 0 saturated carbocycles. The normalized spacial score (nSPS) is 11.2. The van der Waals surface area contributed by atoms with Crippen LogP contribution in [0.2, 0.25) is 0 Å². The summed E-state index contributed by atoms with van der Waals surface area (Å²) >= 11 is 0. The molecule has 2 aromatic carbocycles. The number of ether oxygens (including phenoxy) is 1. The van der Waals surface area contributed by atoms with E-state index in [4.69, 9.17) is 9.26 Å². The van der Waals surface area contributed by atoms with Crippen molar-refractivity contribution in [1.29, 1.82) is 0 Å². The standard InChI is InChI=1S/C25H31N3O3/c1-17(2)28(5)15-22-10-7-6-9-21(22)14-26-25(29)20-11-8-12-23(13-20)30-16-24-18(3)27-31-19(24)4/h6-13,17H,14-16H2,1-5H3,(H,26,29). The van der Waals surface area contributed by atoms with Crippen LogP contribution in [0, 0.1) is 13.8 Å². The minimum atomic E-state index is -0.130. The Bertz CT molecular complexity index is 1010. The highest BCUT2D eigenvalue weighted by Gasteiger charge is 2.12. The van der Waals surface area contributed by atoms with Crippen molar-refractivity contribution < 1.29 is 14.1 Å². The first-order valence-corrected chi connectivity index (χ1v) is 10.5. The van der Waals surface area contributed by atoms with Gasteiger partial charge in [-0.15, -0.1) is 0 Å². The van der Waals surface area contributed by atoms with Crippen LogP contribution in [0.15, 0.2) is 53.1 Å². The Morgan fingerprint density at radius 2 is 1.87 bits per heavy atom. The van der Waals surface area contributed by atoms with Crippen LogP contribution < -0.4 is 10.1 Å². The van der Waals surface area contributed by atoms with Crippen LogP contribution in [0.1, 0.15) is 52.3 Å². The number of aromatic nitrogens is 1. The SMILES string of the molecule is Cc1noc(C)c1COc1cccc(C(=O)NCc2ccccc2CN(C)C(C)C)c1. The molecule has 0 bridgehead atoms. The van der Waals surface area contributed by atoms with Crippen molar-refractivity contribution in [1.82, 2.24) is 15.4 Å². The lowest BCUT2D eigenvalue weighted by molar-refractivity contribution is 0.0950. The minimum absolute atomic E-state index is 0.130. The quantitative estimate of drug-likeness (QED) is 0.545. The highest BCUT2D eigenvalue weighted by atomic mass is 16.5. The van der Waals surface area contributed by atoms with Gasteiger partial charge < -0.3 is 14.6 Å². The third kappa shape index (κ3) is 5.95. The maximum Gasteiger partial charge on any atom is 0.251 e. The van der Waals surface area contributed by atoms with Gasteiger partial charge in [0.25, 0.3) is 5.91 Å². The summed E-state index contributed by atoms with van der Waals surface area (Å²) in [6.45, 7) is 9.76. The fourth-order valence-electron chi connectivity index (χ4n) is 3.20. The molecule has 1 aromatic heterocycles. The van der Waals surface area contributed by atoms with Gasteiger partial charge in [-0.05, 0) is 64.1 Å². The van der Waals surface area contributed by atoms with E-state index in [1.165, 1.54) is 5.56 Å². The first-order chi connectivity index (χ1) is 14.8. The summed E-state index contributed by atoms with van der Waals surface area (Å²) in [5, 5.41) is 6.97. The van der Waals surface area contributed by atoms with Crippen molar-refractivity contribution in [2.75, 3.05) is 7.05 Å². The van der Waals surface area contributed by atoms with Gasteiger partial charge in [0.1, 0.15) is 18.1 Å². The Hall–Kier alpha value is -3.12. The molecule has 164 valence electrons. The molecule has 6 nitrogen and oxygen atoms in total. The van der Waals surface area contributed by atoms with E-state index >= 15 is 0 Å². The Morgan fingerprint density at radius 3 is 2.55 bits per heavy atom. The van der Waals surface area contributed by atoms with Crippen LogP contribution in [-0.4, -0.2) is 29.1 Å². The van der Waals surface area contributed by atoms with Gasteiger partial charge in [0.05, 0.1) is 11.3 Å². The molecular formula is C25H31N3O3. The smallest absolute Gasteiger partial charge is 0.251 e. The summed E-state index contributed by atoms with van der Waals surface area (Å²) in [6.07, 6.45) is 0. The number of amides is 1. The van der Waals surface area contributed by atoms with Crippen molar-refractivity contribution in [3.05, 3.63) is 82.2 Å². The lowest BCUT2D eigenvalue weighted by Gasteiger charge is -2.22. The number of benzene rings is 2. The van der Waals surface area contributed by atoms with E-state index in [2.05, 4.69) is 48.4 Å². The topological polar surface area (TPSA) is 67.6 Å². The van der Waals surface area contributed by atoms with Gasteiger partial charge in [0.15, 0.2) is 0 Å². The summed E-state index contributed by atoms with van der Waals surface area (Å²) in [5.74, 6) is 1.24. The van der Waals surface area contributed by atoms with E-state index in [-0.39, 0.29) is 5.91 Å². The van der Waals surface area contributed by atoms with E-state index in [0.717, 1.165) is 29.1 Å². The average molecular weight is 422 g/mol. The number of hydrogen-bond donors (Lipinski definition) is 1. The lowest BCUT2D eigenvalue weighted by Crippen LogP contribution is -2.27. The number of nitrogens with zero attached hydrogens (tertiary/aromatic N) is 2. The van der Waals surface area contributed by atoms with Crippen molar-refractivity contribution in [3.8, 4) is 5.75 Å². The third-order valence-electron chi connectivity index (χ3n) is 5.52. The number of nitrogens with one attached hydrogen (secondary N) is 1. The zero-order valence-electron chi connectivity index (χ0n) is 18.9. The van der Waals surface area contributed by atoms with Gasteiger partial charge in [0, 0.05) is 24.7 Å². The van der Waals surface area contributed by atoms with Crippen molar-refractivity contribution >= 4 is 5.91 Å². The van der Waals surface area contributed by atoms with Gasteiger partial charge in [-0.2, -0.15) is 0 Å². The van der Waals surface area contributed by atoms with E-state index < -0.39 is 0 Å². The first-order valence-electron chi connectivity index (χ1n) is 10.5. The summed E-state index contributed by atoms with van der Waals surface area (Å²) in [4.78, 5) is 15.0. The van der Waals surface area contributed by atoms with Crippen LogP contribution in [0.5, 0.6) is 5.75 Å². The van der Waals surface area contributed by atoms with Crippen LogP contribution in [0.3, 0.4) is 0 Å². The predicted octanol–water partition coefficient (Wildman–Crippen LogP) is 4.64. The third-order valence-corrected chi connectivity index (χ3v) is 5.52. The van der Waals surface area contributed by atoms with E-state index in [0.29, 0.717) is 30.5 Å². The molecule has 0 aliphatic heterocycles. The molecule has 0 aliphatic carbocycles. The van der Waals surface area contributed by atoms with Gasteiger partial charge in [0.2, 0.25) is 0 Å². The highest BCUT2D eigenvalue weighted by Crippen LogP contribution is 2.19. The summed E-state index contributed by atoms with van der Waals surface area (Å²) in [5.41, 5.74) is 4.64. The van der Waals surface area contributed by atoms with Crippen LogP contribution in [0.25, 0.3) is 0 Å². The van der Waals surface area contributed by atoms with Crippen LogP contribution in [0.4, 0.5) is 0 Å². The van der Waals surface area contributed by atoms with Gasteiger partial charge in [-0.3, -0.25) is 9.69 Å². The predicted molar refractivity (Wildman–Crippen MR) is 121 cm³/mol. The second-order valence-electron chi connectivity index (χ2n) is 8.08. The zero-order valence-corrected chi connectivity index (χ0v) is 18.9. The molecule has 6 heteroatoms. The molecule has 0 atom stereocenters. The van der Waals surface area contributed by atoms with E-state index in [1.807, 2.05) is 38.1 Å². The Labute approximate surface area is 184 Å². The molecule has 0 radical (unpaired) electrons. The number of carbonyl (C=O) groups excluding carboxylic acids is 1. The Morgan fingerprint density at radius 1 is 1.13 bits per heavy atom. The minimum Gasteiger partial charge on any atom is -0.489 e. The molecule has 1 heterocycles. The number of hydrogen-bond acceptors (Lipinski definition) is 5. The monoisotopic (exact) mass is 421 g/mol. The lowest BCUT2D eigenvalue weighted by atomic mass is 10.1. The number of aryl methyl sites for hydroxylation is 2. The molecule has 0 aliphatic rings. The maximum absolute atomic E-state index is 12.8. The maximum atomic E-state index is 12.8. The van der Waals surface area contributed by atoms with Crippen molar-refractivity contribution in [3.63, 3.8) is 0 Å². The summed E-state index contributed by atoms with van der Waals surface area (Å²) in [7, 11) is 2.11. The molecule has 1 amide bonds. The molecule has 0 spiro atoms. The molecule has 31 heavy (non-hydrogen) atoms. The molecular weight excluding hydrogens is 390 g/mol. The molecule has 3 rings (SSSR count). The number of rotatable bonds is 9. The summed E-state index contributed by atoms with van der Waals surface area (Å²) in [6, 6.07) is 15.9. The van der Waals surface area contributed by atoms with Gasteiger partial charge >= 0.3 is 0 Å². The largest absolute Gasteiger partial charge is 0.489 e. The zero-order chi connectivity index (χ0) is 22.4. The van der Waals surface area contributed by atoms with Gasteiger partial charge in [-0.1, -0.05) is 35.5 Å². The second kappa shape index (κ2) is 10.3. The Kier molecular flexibility index (Phi) is 7.47. The van der Waals surface area contributed by atoms with Gasteiger partial charge in [-0.25, -0.2) is 0 Å². The van der Waals surface area contributed by atoms with Crippen LogP contribution in [-0.2, 0) is 19.7 Å². The van der Waals surface area contributed by atoms with E-state index in [1.54, 1.807) is 12.1 Å². The molecule has 0 saturated heterocycles. The fraction of sp³-hybridized carbons (Fsp3) is 0.360. The molecule has 0 fully saturated rings. The van der Waals surface area contributed by atoms with Crippen molar-refractivity contribution in [2.24, 2.45) is 0 Å². The van der Waals surface area contributed by atoms with Crippen LogP contribution >= 0.6 is 0 Å². The molecule has 0 unspecified atom stereocenters. The molecule has 1 N–H and O–H groups in total. The fourth-order valence-corrected chi connectivity index (χ4v) is 3.20. The second-order valence-corrected chi connectivity index (χ2v) is 8.08. The molecule has 3 aromatic rings. The Balaban J connectivity index is 1.62. The first kappa shape index (κ1) is 22.6. The van der Waals surface area contributed by atoms with Crippen molar-refractivity contribution in [2.45, 2.75) is 53.4 Å². The highest BCUT2D eigenvalue weighted by molar-refractivity contribution is 5.94. The average Bonchev–Trinajstić information content (AvgIpc) is 3.08. The number of carbonyl (C=O) groups is 1. The summed E-state index contributed by atoms with van der Waals surface area (Å²) < 4.78 is 11.0. The van der Waals surface area contributed by atoms with E-state index in [9.17, 15) is 4.79 Å².